The Morgan fingerprint density at radius 3 is 2.68 bits per heavy atom. The van der Waals surface area contributed by atoms with Crippen molar-refractivity contribution < 1.29 is 18.7 Å². The Morgan fingerprint density at radius 1 is 1.20 bits per heavy atom. The van der Waals surface area contributed by atoms with Gasteiger partial charge >= 0.3 is 0 Å². The summed E-state index contributed by atoms with van der Waals surface area (Å²) in [5.74, 6) is 3.27. The fraction of sp³-hybridized carbons (Fsp3) is 0.450. The summed E-state index contributed by atoms with van der Waals surface area (Å²) in [7, 11) is 3.18. The molecule has 25 heavy (non-hydrogen) atoms. The molecule has 0 spiro atoms. The lowest BCUT2D eigenvalue weighted by molar-refractivity contribution is 0.0802. The SMILES string of the molecule is COc1ccc(C(=O)C2CCCN(Cc3ccc(C)o3)C2)cc1OC. The molecule has 1 saturated heterocycles. The maximum absolute atomic E-state index is 12.9. The van der Waals surface area contributed by atoms with Crippen molar-refractivity contribution >= 4 is 5.78 Å². The van der Waals surface area contributed by atoms with Gasteiger partial charge in [0, 0.05) is 18.0 Å². The zero-order chi connectivity index (χ0) is 17.8. The number of aryl methyl sites for hydroxylation is 1. The van der Waals surface area contributed by atoms with Crippen LogP contribution in [0.2, 0.25) is 0 Å². The highest BCUT2D eigenvalue weighted by Crippen LogP contribution is 2.30. The van der Waals surface area contributed by atoms with E-state index >= 15 is 0 Å². The smallest absolute Gasteiger partial charge is 0.167 e. The van der Waals surface area contributed by atoms with Gasteiger partial charge in [0.1, 0.15) is 11.5 Å². The van der Waals surface area contributed by atoms with Crippen LogP contribution in [0.15, 0.2) is 34.7 Å². The summed E-state index contributed by atoms with van der Waals surface area (Å²) in [5.41, 5.74) is 0.679. The molecule has 1 fully saturated rings. The van der Waals surface area contributed by atoms with Gasteiger partial charge in [0.2, 0.25) is 0 Å². The summed E-state index contributed by atoms with van der Waals surface area (Å²) in [6.07, 6.45) is 1.93. The van der Waals surface area contributed by atoms with Gasteiger partial charge in [-0.2, -0.15) is 0 Å². The van der Waals surface area contributed by atoms with Gasteiger partial charge in [0.25, 0.3) is 0 Å². The summed E-state index contributed by atoms with van der Waals surface area (Å²) < 4.78 is 16.2. The van der Waals surface area contributed by atoms with E-state index in [4.69, 9.17) is 13.9 Å². The first-order valence-corrected chi connectivity index (χ1v) is 8.64. The summed E-state index contributed by atoms with van der Waals surface area (Å²) in [5, 5.41) is 0. The van der Waals surface area contributed by atoms with E-state index in [2.05, 4.69) is 4.90 Å². The van der Waals surface area contributed by atoms with Crippen LogP contribution in [-0.4, -0.2) is 38.0 Å². The van der Waals surface area contributed by atoms with Crippen LogP contribution in [0.4, 0.5) is 0 Å². The number of benzene rings is 1. The predicted molar refractivity (Wildman–Crippen MR) is 95.3 cm³/mol. The lowest BCUT2D eigenvalue weighted by atomic mass is 9.90. The monoisotopic (exact) mass is 343 g/mol. The molecule has 0 radical (unpaired) electrons. The fourth-order valence-corrected chi connectivity index (χ4v) is 3.43. The highest BCUT2D eigenvalue weighted by atomic mass is 16.5. The zero-order valence-corrected chi connectivity index (χ0v) is 15.1. The van der Waals surface area contributed by atoms with Crippen LogP contribution in [-0.2, 0) is 6.54 Å². The quantitative estimate of drug-likeness (QED) is 0.749. The number of rotatable bonds is 6. The van der Waals surface area contributed by atoms with E-state index in [1.165, 1.54) is 0 Å². The van der Waals surface area contributed by atoms with Crippen LogP contribution in [0.1, 0.15) is 34.7 Å². The van der Waals surface area contributed by atoms with E-state index in [1.54, 1.807) is 26.4 Å². The van der Waals surface area contributed by atoms with E-state index in [0.717, 1.165) is 44.0 Å². The molecule has 1 unspecified atom stereocenters. The summed E-state index contributed by atoms with van der Waals surface area (Å²) in [6.45, 7) is 4.45. The number of carbonyl (C=O) groups is 1. The average Bonchev–Trinajstić information content (AvgIpc) is 3.05. The molecule has 1 aromatic carbocycles. The Balaban J connectivity index is 1.69. The number of nitrogens with zero attached hydrogens (tertiary/aromatic N) is 1. The molecule has 0 N–H and O–H groups in total. The molecule has 2 heterocycles. The molecule has 0 bridgehead atoms. The third-order valence-corrected chi connectivity index (χ3v) is 4.72. The molecule has 2 aromatic rings. The molecule has 3 rings (SSSR count). The second-order valence-corrected chi connectivity index (χ2v) is 6.52. The third kappa shape index (κ3) is 4.04. The van der Waals surface area contributed by atoms with Crippen LogP contribution in [0.3, 0.4) is 0 Å². The molecule has 5 heteroatoms. The summed E-state index contributed by atoms with van der Waals surface area (Å²) in [6, 6.07) is 9.37. The minimum Gasteiger partial charge on any atom is -0.493 e. The van der Waals surface area contributed by atoms with Crippen LogP contribution >= 0.6 is 0 Å². The Kier molecular flexibility index (Phi) is 5.43. The van der Waals surface area contributed by atoms with E-state index in [1.807, 2.05) is 25.1 Å². The van der Waals surface area contributed by atoms with Crippen molar-refractivity contribution in [3.63, 3.8) is 0 Å². The Bertz CT molecular complexity index is 737. The summed E-state index contributed by atoms with van der Waals surface area (Å²) in [4.78, 5) is 15.2. The number of ether oxygens (including phenoxy) is 2. The first kappa shape index (κ1) is 17.5. The first-order chi connectivity index (χ1) is 12.1. The van der Waals surface area contributed by atoms with Crippen LogP contribution in [0.25, 0.3) is 0 Å². The molecular formula is C20H25NO4. The van der Waals surface area contributed by atoms with Crippen molar-refractivity contribution in [3.05, 3.63) is 47.4 Å². The van der Waals surface area contributed by atoms with Gasteiger partial charge in [0.05, 0.1) is 20.8 Å². The molecule has 0 aliphatic carbocycles. The van der Waals surface area contributed by atoms with Gasteiger partial charge < -0.3 is 13.9 Å². The number of methoxy groups -OCH3 is 2. The molecule has 5 nitrogen and oxygen atoms in total. The Labute approximate surface area is 148 Å². The van der Waals surface area contributed by atoms with Crippen molar-refractivity contribution in [3.8, 4) is 11.5 Å². The number of furan rings is 1. The minimum absolute atomic E-state index is 0.00269. The molecule has 134 valence electrons. The third-order valence-electron chi connectivity index (χ3n) is 4.72. The number of ketones is 1. The van der Waals surface area contributed by atoms with Crippen LogP contribution in [0, 0.1) is 12.8 Å². The Morgan fingerprint density at radius 2 is 2.00 bits per heavy atom. The van der Waals surface area contributed by atoms with Gasteiger partial charge in [-0.25, -0.2) is 0 Å². The second-order valence-electron chi connectivity index (χ2n) is 6.52. The lowest BCUT2D eigenvalue weighted by Crippen LogP contribution is -2.38. The van der Waals surface area contributed by atoms with Crippen molar-refractivity contribution in [2.24, 2.45) is 5.92 Å². The highest BCUT2D eigenvalue weighted by molar-refractivity contribution is 5.98. The number of piperidine rings is 1. The fourth-order valence-electron chi connectivity index (χ4n) is 3.43. The largest absolute Gasteiger partial charge is 0.493 e. The second kappa shape index (κ2) is 7.74. The number of carbonyl (C=O) groups excluding carboxylic acids is 1. The van der Waals surface area contributed by atoms with Crippen LogP contribution < -0.4 is 9.47 Å². The lowest BCUT2D eigenvalue weighted by Gasteiger charge is -2.31. The Hall–Kier alpha value is -2.27. The van der Waals surface area contributed by atoms with E-state index in [0.29, 0.717) is 17.1 Å². The highest BCUT2D eigenvalue weighted by Gasteiger charge is 2.27. The number of Topliss-reactive ketones (excluding diaryl/α,β-unsaturated/α-hetero) is 1. The molecular weight excluding hydrogens is 318 g/mol. The molecule has 1 aliphatic heterocycles. The molecule has 0 amide bonds. The van der Waals surface area contributed by atoms with E-state index in [-0.39, 0.29) is 11.7 Å². The summed E-state index contributed by atoms with van der Waals surface area (Å²) >= 11 is 0. The number of likely N-dealkylation sites (tertiary alicyclic amines) is 1. The standard InChI is InChI=1S/C20H25NO4/c1-14-6-8-17(25-14)13-21-10-4-5-16(12-21)20(22)15-7-9-18(23-2)19(11-15)24-3/h6-9,11,16H,4-5,10,12-13H2,1-3H3. The average molecular weight is 343 g/mol. The normalized spacial score (nSPS) is 18.1. The minimum atomic E-state index is 0.00269. The number of hydrogen-bond donors (Lipinski definition) is 0. The maximum Gasteiger partial charge on any atom is 0.167 e. The molecule has 0 saturated carbocycles. The maximum atomic E-state index is 12.9. The zero-order valence-electron chi connectivity index (χ0n) is 15.1. The van der Waals surface area contributed by atoms with Crippen molar-refractivity contribution in [2.75, 3.05) is 27.3 Å². The van der Waals surface area contributed by atoms with Crippen molar-refractivity contribution in [2.45, 2.75) is 26.3 Å². The van der Waals surface area contributed by atoms with Gasteiger partial charge in [-0.3, -0.25) is 9.69 Å². The van der Waals surface area contributed by atoms with E-state index in [9.17, 15) is 4.79 Å². The molecule has 1 aromatic heterocycles. The van der Waals surface area contributed by atoms with Crippen LogP contribution in [0.5, 0.6) is 11.5 Å². The van der Waals surface area contributed by atoms with Gasteiger partial charge in [-0.05, 0) is 56.6 Å². The van der Waals surface area contributed by atoms with E-state index < -0.39 is 0 Å². The van der Waals surface area contributed by atoms with Gasteiger partial charge in [-0.1, -0.05) is 0 Å². The predicted octanol–water partition coefficient (Wildman–Crippen LogP) is 3.70. The van der Waals surface area contributed by atoms with Gasteiger partial charge in [0.15, 0.2) is 17.3 Å². The van der Waals surface area contributed by atoms with Crippen molar-refractivity contribution in [1.29, 1.82) is 0 Å². The molecule has 1 aliphatic rings. The van der Waals surface area contributed by atoms with Crippen molar-refractivity contribution in [1.82, 2.24) is 4.90 Å². The topological polar surface area (TPSA) is 51.9 Å². The molecule has 1 atom stereocenters. The number of hydrogen-bond acceptors (Lipinski definition) is 5. The first-order valence-electron chi connectivity index (χ1n) is 8.64. The van der Waals surface area contributed by atoms with Gasteiger partial charge in [-0.15, -0.1) is 0 Å².